The summed E-state index contributed by atoms with van der Waals surface area (Å²) in [5.74, 6) is -0.489. The summed E-state index contributed by atoms with van der Waals surface area (Å²) in [6.45, 7) is 4.08. The number of fused-ring (bicyclic) bond motifs is 1. The Morgan fingerprint density at radius 2 is 2.17 bits per heavy atom. The van der Waals surface area contributed by atoms with E-state index in [4.69, 9.17) is 10.8 Å². The summed E-state index contributed by atoms with van der Waals surface area (Å²) in [5.41, 5.74) is 7.69. The summed E-state index contributed by atoms with van der Waals surface area (Å²) < 4.78 is 3.42. The zero-order chi connectivity index (χ0) is 12.4. The smallest absolute Gasteiger partial charge is 0.356 e. The van der Waals surface area contributed by atoms with Crippen LogP contribution in [0.5, 0.6) is 0 Å². The number of benzene rings is 1. The molecule has 0 bridgehead atoms. The van der Waals surface area contributed by atoms with Crippen LogP contribution in [-0.2, 0) is 17.9 Å². The maximum atomic E-state index is 10.8. The Morgan fingerprint density at radius 1 is 1.50 bits per heavy atom. The number of para-hydroxylation sites is 2. The fraction of sp³-hybridized carbons (Fsp3) is 0.167. The largest absolute Gasteiger partial charge is 1.00 e. The van der Waals surface area contributed by atoms with Crippen LogP contribution in [0.1, 0.15) is 0 Å². The van der Waals surface area contributed by atoms with Crippen LogP contribution >= 0.6 is 0 Å². The zero-order valence-corrected chi connectivity index (χ0v) is 10.5. The minimum absolute atomic E-state index is 0. The van der Waals surface area contributed by atoms with Crippen molar-refractivity contribution in [3.05, 3.63) is 36.9 Å². The number of halogens is 1. The third kappa shape index (κ3) is 2.31. The summed E-state index contributed by atoms with van der Waals surface area (Å²) >= 11 is 0. The lowest BCUT2D eigenvalue weighted by molar-refractivity contribution is -0.645. The highest BCUT2D eigenvalue weighted by atomic mass is 35.5. The molecule has 96 valence electrons. The SMILES string of the molecule is C=CCn1c(N)[n+](CC(=O)O)c2ccccc21.[Cl-]. The van der Waals surface area contributed by atoms with E-state index in [1.54, 1.807) is 10.6 Å². The van der Waals surface area contributed by atoms with Crippen LogP contribution in [0.4, 0.5) is 5.95 Å². The molecule has 0 amide bonds. The second-order valence-corrected chi connectivity index (χ2v) is 3.73. The first-order valence-corrected chi connectivity index (χ1v) is 5.24. The van der Waals surface area contributed by atoms with Gasteiger partial charge in [0.2, 0.25) is 0 Å². The molecule has 0 spiro atoms. The van der Waals surface area contributed by atoms with Crippen molar-refractivity contribution < 1.29 is 26.9 Å². The molecule has 2 aromatic rings. The fourth-order valence-electron chi connectivity index (χ4n) is 1.94. The molecule has 3 N–H and O–H groups in total. The number of aromatic nitrogens is 2. The number of nitrogens with two attached hydrogens (primary N) is 1. The summed E-state index contributed by atoms with van der Waals surface area (Å²) in [7, 11) is 0. The molecule has 6 heteroatoms. The van der Waals surface area contributed by atoms with E-state index in [0.717, 1.165) is 11.0 Å². The average Bonchev–Trinajstić information content (AvgIpc) is 2.55. The van der Waals surface area contributed by atoms with Gasteiger partial charge in [-0.1, -0.05) is 24.8 Å². The molecule has 0 saturated carbocycles. The van der Waals surface area contributed by atoms with Gasteiger partial charge in [-0.05, 0) is 12.1 Å². The van der Waals surface area contributed by atoms with Crippen molar-refractivity contribution in [2.24, 2.45) is 0 Å². The number of nitrogens with zero attached hydrogens (tertiary/aromatic N) is 2. The average molecular weight is 268 g/mol. The molecule has 0 atom stereocenters. The fourth-order valence-corrected chi connectivity index (χ4v) is 1.94. The van der Waals surface area contributed by atoms with Gasteiger partial charge in [0.1, 0.15) is 11.0 Å². The van der Waals surface area contributed by atoms with Crippen LogP contribution in [0.2, 0.25) is 0 Å². The quantitative estimate of drug-likeness (QED) is 0.487. The molecule has 2 rings (SSSR count). The molecule has 0 aliphatic carbocycles. The molecular formula is C12H14ClN3O2. The van der Waals surface area contributed by atoms with Crippen LogP contribution in [0.3, 0.4) is 0 Å². The normalized spacial score (nSPS) is 10.0. The Labute approximate surface area is 111 Å². The lowest BCUT2D eigenvalue weighted by Gasteiger charge is -1.96. The molecular weight excluding hydrogens is 254 g/mol. The van der Waals surface area contributed by atoms with Gasteiger partial charge in [-0.3, -0.25) is 5.73 Å². The first kappa shape index (κ1) is 14.1. The lowest BCUT2D eigenvalue weighted by Crippen LogP contribution is -3.00. The first-order chi connectivity index (χ1) is 8.15. The van der Waals surface area contributed by atoms with Crippen LogP contribution in [-0.4, -0.2) is 15.6 Å². The number of hydrogen-bond acceptors (Lipinski definition) is 2. The predicted molar refractivity (Wildman–Crippen MR) is 64.4 cm³/mol. The zero-order valence-electron chi connectivity index (χ0n) is 9.71. The van der Waals surface area contributed by atoms with E-state index in [2.05, 4.69) is 6.58 Å². The highest BCUT2D eigenvalue weighted by Crippen LogP contribution is 2.15. The van der Waals surface area contributed by atoms with Crippen LogP contribution in [0.15, 0.2) is 36.9 Å². The molecule has 5 nitrogen and oxygen atoms in total. The Balaban J connectivity index is 0.00000162. The van der Waals surface area contributed by atoms with Crippen LogP contribution in [0, 0.1) is 0 Å². The number of carboxylic acid groups (broad SMARTS) is 1. The second-order valence-electron chi connectivity index (χ2n) is 3.73. The van der Waals surface area contributed by atoms with Gasteiger partial charge in [-0.2, -0.15) is 0 Å². The van der Waals surface area contributed by atoms with Crippen molar-refractivity contribution in [2.45, 2.75) is 13.1 Å². The number of aliphatic carboxylic acids is 1. The van der Waals surface area contributed by atoms with Gasteiger partial charge >= 0.3 is 11.9 Å². The number of carbonyl (C=O) groups is 1. The molecule has 18 heavy (non-hydrogen) atoms. The third-order valence-corrected chi connectivity index (χ3v) is 2.62. The molecule has 0 aliphatic rings. The molecule has 0 radical (unpaired) electrons. The minimum atomic E-state index is -0.914. The minimum Gasteiger partial charge on any atom is -1.00 e. The Hall–Kier alpha value is -2.01. The van der Waals surface area contributed by atoms with Crippen molar-refractivity contribution in [2.75, 3.05) is 5.73 Å². The van der Waals surface area contributed by atoms with Gasteiger partial charge in [-0.15, -0.1) is 0 Å². The van der Waals surface area contributed by atoms with Crippen LogP contribution in [0.25, 0.3) is 11.0 Å². The van der Waals surface area contributed by atoms with E-state index < -0.39 is 5.97 Å². The maximum Gasteiger partial charge on any atom is 0.356 e. The summed E-state index contributed by atoms with van der Waals surface area (Å²) in [5, 5.41) is 8.88. The first-order valence-electron chi connectivity index (χ1n) is 5.24. The molecule has 1 heterocycles. The molecule has 0 unspecified atom stereocenters. The van der Waals surface area contributed by atoms with Gasteiger partial charge in [0, 0.05) is 0 Å². The van der Waals surface area contributed by atoms with E-state index in [9.17, 15) is 4.79 Å². The van der Waals surface area contributed by atoms with Gasteiger partial charge in [0.25, 0.3) is 0 Å². The van der Waals surface area contributed by atoms with Crippen molar-refractivity contribution in [3.63, 3.8) is 0 Å². The predicted octanol–water partition coefficient (Wildman–Crippen LogP) is -2.21. The number of imidazole rings is 1. The molecule has 0 saturated heterocycles. The van der Waals surface area contributed by atoms with Gasteiger partial charge in [0.15, 0.2) is 6.54 Å². The van der Waals surface area contributed by atoms with E-state index in [0.29, 0.717) is 12.5 Å². The summed E-state index contributed by atoms with van der Waals surface area (Å²) in [6.07, 6.45) is 1.73. The van der Waals surface area contributed by atoms with Crippen molar-refractivity contribution in [1.82, 2.24) is 4.57 Å². The molecule has 1 aromatic carbocycles. The monoisotopic (exact) mass is 267 g/mol. The van der Waals surface area contributed by atoms with E-state index in [-0.39, 0.29) is 19.0 Å². The molecule has 1 aromatic heterocycles. The number of rotatable bonds is 4. The number of carboxylic acids is 1. The Kier molecular flexibility index (Phi) is 4.33. The highest BCUT2D eigenvalue weighted by molar-refractivity contribution is 5.75. The molecule has 0 aliphatic heterocycles. The second kappa shape index (κ2) is 5.55. The standard InChI is InChI=1S/C12H13N3O2.ClH/c1-2-7-14-9-5-3-4-6-10(9)15(12(14)13)8-11(16)17;/h2-6,13H,1,7-8H2,(H,16,17);1H. The Morgan fingerprint density at radius 3 is 2.78 bits per heavy atom. The topological polar surface area (TPSA) is 72.1 Å². The van der Waals surface area contributed by atoms with Crippen LogP contribution < -0.4 is 22.7 Å². The van der Waals surface area contributed by atoms with E-state index in [1.165, 1.54) is 0 Å². The van der Waals surface area contributed by atoms with Crippen molar-refractivity contribution in [3.8, 4) is 0 Å². The number of hydrogen-bond donors (Lipinski definition) is 2. The third-order valence-electron chi connectivity index (χ3n) is 2.62. The van der Waals surface area contributed by atoms with Gasteiger partial charge in [-0.25, -0.2) is 13.9 Å². The lowest BCUT2D eigenvalue weighted by atomic mass is 10.3. The van der Waals surface area contributed by atoms with Crippen molar-refractivity contribution in [1.29, 1.82) is 0 Å². The summed E-state index contributed by atoms with van der Waals surface area (Å²) in [4.78, 5) is 10.8. The number of allylic oxidation sites excluding steroid dienone is 1. The Bertz CT molecular complexity index is 592. The van der Waals surface area contributed by atoms with Gasteiger partial charge < -0.3 is 17.5 Å². The number of nitrogen functional groups attached to an aromatic ring is 1. The number of anilines is 1. The summed E-state index contributed by atoms with van der Waals surface area (Å²) in [6, 6.07) is 7.52. The van der Waals surface area contributed by atoms with E-state index >= 15 is 0 Å². The highest BCUT2D eigenvalue weighted by Gasteiger charge is 2.21. The van der Waals surface area contributed by atoms with E-state index in [1.807, 2.05) is 28.8 Å². The molecule has 0 fully saturated rings. The van der Waals surface area contributed by atoms with Crippen molar-refractivity contribution >= 4 is 23.0 Å². The maximum absolute atomic E-state index is 10.8. The van der Waals surface area contributed by atoms with Gasteiger partial charge in [0.05, 0.1) is 6.54 Å².